The lowest BCUT2D eigenvalue weighted by Gasteiger charge is -2.17. The van der Waals surface area contributed by atoms with E-state index in [1.807, 2.05) is 24.3 Å². The Hall–Kier alpha value is -1.26. The van der Waals surface area contributed by atoms with Crippen molar-refractivity contribution in [1.29, 1.82) is 0 Å². The number of likely N-dealkylation sites (N-methyl/N-ethyl adjacent to an activating group) is 1. The van der Waals surface area contributed by atoms with Crippen molar-refractivity contribution in [2.24, 2.45) is 5.73 Å². The second-order valence-electron chi connectivity index (χ2n) is 3.27. The highest BCUT2D eigenvalue weighted by atomic mass is 35.5. The van der Waals surface area contributed by atoms with E-state index in [0.717, 1.165) is 11.3 Å². The van der Waals surface area contributed by atoms with Crippen LogP contribution in [0.1, 0.15) is 5.56 Å². The third-order valence-corrected chi connectivity index (χ3v) is 2.20. The zero-order chi connectivity index (χ0) is 11.3. The van der Waals surface area contributed by atoms with Crippen LogP contribution in [0, 0.1) is 0 Å². The molecule has 2 N–H and O–H groups in total. The van der Waals surface area contributed by atoms with Gasteiger partial charge in [0.15, 0.2) is 0 Å². The van der Waals surface area contributed by atoms with Gasteiger partial charge in [0.2, 0.25) is 5.91 Å². The molecule has 1 aromatic rings. The molecule has 0 heterocycles. The van der Waals surface area contributed by atoms with Crippen molar-refractivity contribution in [3.05, 3.63) is 29.8 Å². The topological polar surface area (TPSA) is 55.6 Å². The first-order valence-corrected chi connectivity index (χ1v) is 4.75. The minimum Gasteiger partial charge on any atom is -0.496 e. The lowest BCUT2D eigenvalue weighted by molar-refractivity contribution is -0.128. The number of methoxy groups -OCH3 is 1. The summed E-state index contributed by atoms with van der Waals surface area (Å²) in [6.45, 7) is 0.547. The second-order valence-corrected chi connectivity index (χ2v) is 3.27. The van der Waals surface area contributed by atoms with Crippen LogP contribution < -0.4 is 10.5 Å². The molecule has 0 bridgehead atoms. The molecule has 1 aromatic carbocycles. The maximum absolute atomic E-state index is 11.3. The normalized spacial score (nSPS) is 9.19. The van der Waals surface area contributed by atoms with Crippen LogP contribution in [0.5, 0.6) is 5.75 Å². The number of benzene rings is 1. The molecule has 4 nitrogen and oxygen atoms in total. The Bertz CT molecular complexity index is 345. The van der Waals surface area contributed by atoms with Gasteiger partial charge >= 0.3 is 0 Å². The molecule has 0 fully saturated rings. The molecule has 90 valence electrons. The fourth-order valence-corrected chi connectivity index (χ4v) is 1.33. The Morgan fingerprint density at radius 2 is 2.06 bits per heavy atom. The van der Waals surface area contributed by atoms with E-state index >= 15 is 0 Å². The number of rotatable bonds is 4. The SMILES string of the molecule is COc1ccccc1CN(C)C(=O)CN.Cl. The average Bonchev–Trinajstić information content (AvgIpc) is 2.28. The van der Waals surface area contributed by atoms with Gasteiger partial charge in [-0.05, 0) is 6.07 Å². The van der Waals surface area contributed by atoms with Crippen LogP contribution in [0.4, 0.5) is 0 Å². The summed E-state index contributed by atoms with van der Waals surface area (Å²) in [6.07, 6.45) is 0. The van der Waals surface area contributed by atoms with Crippen molar-refractivity contribution in [2.75, 3.05) is 20.7 Å². The van der Waals surface area contributed by atoms with Gasteiger partial charge in [0.1, 0.15) is 5.75 Å². The van der Waals surface area contributed by atoms with Gasteiger partial charge in [-0.25, -0.2) is 0 Å². The summed E-state index contributed by atoms with van der Waals surface area (Å²) in [4.78, 5) is 12.9. The van der Waals surface area contributed by atoms with Crippen molar-refractivity contribution in [1.82, 2.24) is 4.90 Å². The number of halogens is 1. The molecule has 1 rings (SSSR count). The van der Waals surface area contributed by atoms with Gasteiger partial charge in [0, 0.05) is 19.2 Å². The molecule has 0 saturated carbocycles. The fraction of sp³-hybridized carbons (Fsp3) is 0.364. The van der Waals surface area contributed by atoms with E-state index in [1.165, 1.54) is 0 Å². The highest BCUT2D eigenvalue weighted by Gasteiger charge is 2.09. The molecule has 0 saturated heterocycles. The molecule has 5 heteroatoms. The predicted octanol–water partition coefficient (Wildman–Crippen LogP) is 1.03. The Balaban J connectivity index is 0.00000225. The summed E-state index contributed by atoms with van der Waals surface area (Å²) in [7, 11) is 3.34. The van der Waals surface area contributed by atoms with Crippen LogP contribution in [0.2, 0.25) is 0 Å². The van der Waals surface area contributed by atoms with Crippen molar-refractivity contribution < 1.29 is 9.53 Å². The minimum absolute atomic E-state index is 0. The van der Waals surface area contributed by atoms with Crippen molar-refractivity contribution in [2.45, 2.75) is 6.54 Å². The molecule has 0 aliphatic carbocycles. The summed E-state index contributed by atoms with van der Waals surface area (Å²) in [5.74, 6) is 0.704. The first-order valence-electron chi connectivity index (χ1n) is 4.75. The Morgan fingerprint density at radius 3 is 2.62 bits per heavy atom. The highest BCUT2D eigenvalue weighted by molar-refractivity contribution is 5.85. The second kappa shape index (κ2) is 7.09. The summed E-state index contributed by atoms with van der Waals surface area (Å²) >= 11 is 0. The molecular formula is C11H17ClN2O2. The molecule has 1 amide bonds. The van der Waals surface area contributed by atoms with E-state index < -0.39 is 0 Å². The number of para-hydroxylation sites is 1. The molecule has 16 heavy (non-hydrogen) atoms. The van der Waals surface area contributed by atoms with Gasteiger partial charge in [-0.1, -0.05) is 18.2 Å². The van der Waals surface area contributed by atoms with Gasteiger partial charge in [-0.2, -0.15) is 0 Å². The smallest absolute Gasteiger partial charge is 0.236 e. The number of nitrogens with two attached hydrogens (primary N) is 1. The molecular weight excluding hydrogens is 228 g/mol. The van der Waals surface area contributed by atoms with Gasteiger partial charge in [-0.3, -0.25) is 4.79 Å². The number of ether oxygens (including phenoxy) is 1. The van der Waals surface area contributed by atoms with E-state index in [0.29, 0.717) is 6.54 Å². The zero-order valence-corrected chi connectivity index (χ0v) is 10.3. The van der Waals surface area contributed by atoms with E-state index in [2.05, 4.69) is 0 Å². The fourth-order valence-electron chi connectivity index (χ4n) is 1.33. The maximum Gasteiger partial charge on any atom is 0.236 e. The Labute approximate surface area is 102 Å². The van der Waals surface area contributed by atoms with Gasteiger partial charge in [0.05, 0.1) is 13.7 Å². The monoisotopic (exact) mass is 244 g/mol. The van der Waals surface area contributed by atoms with E-state index in [9.17, 15) is 4.79 Å². The van der Waals surface area contributed by atoms with Crippen LogP contribution in [0.15, 0.2) is 24.3 Å². The average molecular weight is 245 g/mol. The largest absolute Gasteiger partial charge is 0.496 e. The zero-order valence-electron chi connectivity index (χ0n) is 9.47. The molecule has 0 aliphatic heterocycles. The van der Waals surface area contributed by atoms with Crippen molar-refractivity contribution in [3.63, 3.8) is 0 Å². The standard InChI is InChI=1S/C11H16N2O2.ClH/c1-13(11(14)7-12)8-9-5-3-4-6-10(9)15-2;/h3-6H,7-8,12H2,1-2H3;1H. The van der Waals surface area contributed by atoms with E-state index in [1.54, 1.807) is 19.1 Å². The van der Waals surface area contributed by atoms with Crippen LogP contribution in [0.25, 0.3) is 0 Å². The van der Waals surface area contributed by atoms with Crippen molar-refractivity contribution in [3.8, 4) is 5.75 Å². The third kappa shape index (κ3) is 3.72. The summed E-state index contributed by atoms with van der Waals surface area (Å²) in [5, 5.41) is 0. The minimum atomic E-state index is -0.0825. The van der Waals surface area contributed by atoms with Crippen LogP contribution >= 0.6 is 12.4 Å². The highest BCUT2D eigenvalue weighted by Crippen LogP contribution is 2.18. The molecule has 0 atom stereocenters. The van der Waals surface area contributed by atoms with Crippen molar-refractivity contribution >= 4 is 18.3 Å². The molecule has 0 radical (unpaired) electrons. The van der Waals surface area contributed by atoms with Crippen LogP contribution in [-0.2, 0) is 11.3 Å². The number of nitrogens with zero attached hydrogens (tertiary/aromatic N) is 1. The predicted molar refractivity (Wildman–Crippen MR) is 65.8 cm³/mol. The van der Waals surface area contributed by atoms with E-state index in [4.69, 9.17) is 10.5 Å². The first kappa shape index (κ1) is 14.7. The quantitative estimate of drug-likeness (QED) is 0.861. The van der Waals surface area contributed by atoms with E-state index in [-0.39, 0.29) is 24.9 Å². The van der Waals surface area contributed by atoms with Gasteiger partial charge in [0.25, 0.3) is 0 Å². The van der Waals surface area contributed by atoms with Gasteiger partial charge < -0.3 is 15.4 Å². The number of amides is 1. The summed E-state index contributed by atoms with van der Waals surface area (Å²) in [6, 6.07) is 7.61. The summed E-state index contributed by atoms with van der Waals surface area (Å²) in [5.41, 5.74) is 6.25. The number of hydrogen-bond donors (Lipinski definition) is 1. The first-order chi connectivity index (χ1) is 7.19. The van der Waals surface area contributed by atoms with Crippen LogP contribution in [-0.4, -0.2) is 31.5 Å². The Morgan fingerprint density at radius 1 is 1.44 bits per heavy atom. The molecule has 0 unspecified atom stereocenters. The maximum atomic E-state index is 11.3. The lowest BCUT2D eigenvalue weighted by Crippen LogP contribution is -2.32. The van der Waals surface area contributed by atoms with Gasteiger partial charge in [-0.15, -0.1) is 12.4 Å². The molecule has 0 spiro atoms. The molecule has 0 aliphatic rings. The lowest BCUT2D eigenvalue weighted by atomic mass is 10.2. The van der Waals surface area contributed by atoms with Crippen LogP contribution in [0.3, 0.4) is 0 Å². The third-order valence-electron chi connectivity index (χ3n) is 2.20. The number of carbonyl (C=O) groups excluding carboxylic acids is 1. The summed E-state index contributed by atoms with van der Waals surface area (Å²) < 4.78 is 5.19. The Kier molecular flexibility index (Phi) is 6.53. The molecule has 0 aromatic heterocycles. The number of hydrogen-bond acceptors (Lipinski definition) is 3. The number of carbonyl (C=O) groups is 1.